The molecule has 24 heavy (non-hydrogen) atoms. The molecule has 0 aliphatic carbocycles. The number of benzene rings is 1. The van der Waals surface area contributed by atoms with Gasteiger partial charge in [0.25, 0.3) is 5.91 Å². The lowest BCUT2D eigenvalue weighted by molar-refractivity contribution is 0.0757. The minimum atomic E-state index is 0. The van der Waals surface area contributed by atoms with Crippen LogP contribution in [0.3, 0.4) is 0 Å². The highest BCUT2D eigenvalue weighted by Crippen LogP contribution is 2.32. The van der Waals surface area contributed by atoms with E-state index in [9.17, 15) is 4.79 Å². The van der Waals surface area contributed by atoms with Crippen LogP contribution >= 0.6 is 12.4 Å². The molecule has 2 fully saturated rings. The molecule has 2 aliphatic rings. The topological polar surface area (TPSA) is 50.8 Å². The number of likely N-dealkylation sites (tertiary alicyclic amines) is 1. The molecule has 0 saturated carbocycles. The second-order valence-electron chi connectivity index (χ2n) is 6.57. The summed E-state index contributed by atoms with van der Waals surface area (Å²) in [7, 11) is 3.21. The van der Waals surface area contributed by atoms with E-state index in [1.165, 1.54) is 0 Å². The molecule has 0 spiro atoms. The Labute approximate surface area is 150 Å². The van der Waals surface area contributed by atoms with Gasteiger partial charge >= 0.3 is 0 Å². The zero-order chi connectivity index (χ0) is 16.4. The molecule has 2 atom stereocenters. The zero-order valence-corrected chi connectivity index (χ0v) is 15.4. The Bertz CT molecular complexity index is 580. The van der Waals surface area contributed by atoms with Crippen LogP contribution in [-0.2, 0) is 0 Å². The maximum atomic E-state index is 13.0. The largest absolute Gasteiger partial charge is 0.493 e. The van der Waals surface area contributed by atoms with Crippen molar-refractivity contribution in [1.82, 2.24) is 10.2 Å². The van der Waals surface area contributed by atoms with E-state index in [2.05, 4.69) is 5.32 Å². The quantitative estimate of drug-likeness (QED) is 0.906. The third-order valence-corrected chi connectivity index (χ3v) is 5.27. The van der Waals surface area contributed by atoms with Crippen LogP contribution in [0.25, 0.3) is 0 Å². The predicted octanol–water partition coefficient (Wildman–Crippen LogP) is 2.51. The van der Waals surface area contributed by atoms with E-state index in [1.54, 1.807) is 14.2 Å². The van der Waals surface area contributed by atoms with Crippen molar-refractivity contribution in [3.63, 3.8) is 0 Å². The van der Waals surface area contributed by atoms with Crippen molar-refractivity contribution in [3.8, 4) is 11.5 Å². The lowest BCUT2D eigenvalue weighted by Gasteiger charge is -2.22. The Kier molecular flexibility index (Phi) is 6.35. The summed E-state index contributed by atoms with van der Waals surface area (Å²) in [5.74, 6) is 2.82. The molecule has 5 nitrogen and oxygen atoms in total. The first-order chi connectivity index (χ1) is 11.1. The van der Waals surface area contributed by atoms with E-state index in [1.807, 2.05) is 24.0 Å². The second kappa shape index (κ2) is 8.08. The van der Waals surface area contributed by atoms with Crippen molar-refractivity contribution in [2.75, 3.05) is 40.4 Å². The molecule has 0 radical (unpaired) electrons. The number of ether oxygens (including phenoxy) is 2. The van der Waals surface area contributed by atoms with Crippen LogP contribution in [0.5, 0.6) is 11.5 Å². The van der Waals surface area contributed by atoms with Crippen LogP contribution in [0.4, 0.5) is 0 Å². The van der Waals surface area contributed by atoms with Crippen LogP contribution in [0, 0.1) is 18.8 Å². The van der Waals surface area contributed by atoms with Gasteiger partial charge in [0.2, 0.25) is 0 Å². The molecular weight excluding hydrogens is 328 g/mol. The van der Waals surface area contributed by atoms with Gasteiger partial charge in [0.15, 0.2) is 11.5 Å². The molecule has 1 aromatic rings. The Morgan fingerprint density at radius 2 is 1.62 bits per heavy atom. The van der Waals surface area contributed by atoms with E-state index in [0.29, 0.717) is 17.1 Å². The average Bonchev–Trinajstić information content (AvgIpc) is 2.92. The van der Waals surface area contributed by atoms with Gasteiger partial charge in [-0.05, 0) is 62.4 Å². The van der Waals surface area contributed by atoms with Crippen LogP contribution < -0.4 is 14.8 Å². The summed E-state index contributed by atoms with van der Waals surface area (Å²) in [6.07, 6.45) is 2.19. The van der Waals surface area contributed by atoms with Gasteiger partial charge in [0.05, 0.1) is 14.2 Å². The summed E-state index contributed by atoms with van der Waals surface area (Å²) in [6.45, 7) is 5.83. The van der Waals surface area contributed by atoms with Gasteiger partial charge < -0.3 is 19.7 Å². The minimum Gasteiger partial charge on any atom is -0.493 e. The van der Waals surface area contributed by atoms with Crippen molar-refractivity contribution in [2.24, 2.45) is 11.8 Å². The maximum absolute atomic E-state index is 13.0. The van der Waals surface area contributed by atoms with Crippen molar-refractivity contribution in [3.05, 3.63) is 23.3 Å². The first kappa shape index (κ1) is 18.9. The standard InChI is InChI=1S/C18H26N2O3.ClH/c1-12-8-16(22-2)17(23-3)9-15(12)18(21)20-6-4-13-10-19-11-14(13)5-7-20;/h8-9,13-14,19H,4-7,10-11H2,1-3H3;1H/t13-,14+;. The van der Waals surface area contributed by atoms with Gasteiger partial charge in [-0.25, -0.2) is 0 Å². The third-order valence-electron chi connectivity index (χ3n) is 5.27. The van der Waals surface area contributed by atoms with Gasteiger partial charge in [0, 0.05) is 18.7 Å². The monoisotopic (exact) mass is 354 g/mol. The maximum Gasteiger partial charge on any atom is 0.254 e. The van der Waals surface area contributed by atoms with Gasteiger partial charge in [-0.2, -0.15) is 0 Å². The predicted molar refractivity (Wildman–Crippen MR) is 96.5 cm³/mol. The molecule has 2 heterocycles. The number of nitrogens with zero attached hydrogens (tertiary/aromatic N) is 1. The number of hydrogen-bond donors (Lipinski definition) is 1. The Morgan fingerprint density at radius 1 is 1.08 bits per heavy atom. The smallest absolute Gasteiger partial charge is 0.254 e. The third kappa shape index (κ3) is 3.62. The summed E-state index contributed by atoms with van der Waals surface area (Å²) < 4.78 is 10.7. The Morgan fingerprint density at radius 3 is 2.17 bits per heavy atom. The van der Waals surface area contributed by atoms with Crippen LogP contribution in [0.15, 0.2) is 12.1 Å². The number of amides is 1. The highest BCUT2D eigenvalue weighted by Gasteiger charge is 2.32. The van der Waals surface area contributed by atoms with E-state index >= 15 is 0 Å². The van der Waals surface area contributed by atoms with Crippen molar-refractivity contribution in [1.29, 1.82) is 0 Å². The number of aryl methyl sites for hydroxylation is 1. The number of carbonyl (C=O) groups is 1. The molecule has 0 unspecified atom stereocenters. The number of fused-ring (bicyclic) bond motifs is 1. The van der Waals surface area contributed by atoms with Crippen LogP contribution in [0.1, 0.15) is 28.8 Å². The lowest BCUT2D eigenvalue weighted by atomic mass is 9.92. The molecule has 1 aromatic carbocycles. The van der Waals surface area contributed by atoms with E-state index in [4.69, 9.17) is 9.47 Å². The second-order valence-corrected chi connectivity index (χ2v) is 6.57. The fraction of sp³-hybridized carbons (Fsp3) is 0.611. The molecule has 0 bridgehead atoms. The molecule has 1 N–H and O–H groups in total. The summed E-state index contributed by atoms with van der Waals surface area (Å²) in [5.41, 5.74) is 1.64. The summed E-state index contributed by atoms with van der Waals surface area (Å²) in [5, 5.41) is 3.47. The normalized spacial score (nSPS) is 23.0. The first-order valence-corrected chi connectivity index (χ1v) is 8.36. The molecule has 6 heteroatoms. The van der Waals surface area contributed by atoms with E-state index in [0.717, 1.165) is 56.4 Å². The highest BCUT2D eigenvalue weighted by molar-refractivity contribution is 5.96. The van der Waals surface area contributed by atoms with Gasteiger partial charge in [-0.1, -0.05) is 0 Å². The molecular formula is C18H27ClN2O3. The fourth-order valence-electron chi connectivity index (χ4n) is 3.80. The Balaban J connectivity index is 0.00000208. The zero-order valence-electron chi connectivity index (χ0n) is 14.6. The number of halogens is 1. The van der Waals surface area contributed by atoms with Crippen molar-refractivity contribution in [2.45, 2.75) is 19.8 Å². The number of hydrogen-bond acceptors (Lipinski definition) is 4. The molecule has 3 rings (SSSR count). The highest BCUT2D eigenvalue weighted by atomic mass is 35.5. The SMILES string of the molecule is COc1cc(C)c(C(=O)N2CC[C@@H]3CNC[C@@H]3CC2)cc1OC.Cl. The fourth-order valence-corrected chi connectivity index (χ4v) is 3.80. The summed E-state index contributed by atoms with van der Waals surface area (Å²) >= 11 is 0. The average molecular weight is 355 g/mol. The molecule has 0 aromatic heterocycles. The first-order valence-electron chi connectivity index (χ1n) is 8.36. The number of methoxy groups -OCH3 is 2. The molecule has 134 valence electrons. The molecule has 1 amide bonds. The molecule has 2 aliphatic heterocycles. The van der Waals surface area contributed by atoms with E-state index < -0.39 is 0 Å². The molecule has 2 saturated heterocycles. The summed E-state index contributed by atoms with van der Waals surface area (Å²) in [4.78, 5) is 15.0. The number of nitrogens with one attached hydrogen (secondary N) is 1. The van der Waals surface area contributed by atoms with E-state index in [-0.39, 0.29) is 18.3 Å². The van der Waals surface area contributed by atoms with Gasteiger partial charge in [0.1, 0.15) is 0 Å². The van der Waals surface area contributed by atoms with Crippen LogP contribution in [-0.4, -0.2) is 51.2 Å². The number of rotatable bonds is 3. The minimum absolute atomic E-state index is 0. The van der Waals surface area contributed by atoms with Crippen LogP contribution in [0.2, 0.25) is 0 Å². The summed E-state index contributed by atoms with van der Waals surface area (Å²) in [6, 6.07) is 3.69. The number of carbonyl (C=O) groups excluding carboxylic acids is 1. The van der Waals surface area contributed by atoms with Gasteiger partial charge in [-0.3, -0.25) is 4.79 Å². The lowest BCUT2D eigenvalue weighted by Crippen LogP contribution is -2.33. The van der Waals surface area contributed by atoms with Crippen molar-refractivity contribution < 1.29 is 14.3 Å². The van der Waals surface area contributed by atoms with Gasteiger partial charge in [-0.15, -0.1) is 12.4 Å². The Hall–Kier alpha value is -1.46. The van der Waals surface area contributed by atoms with Crippen molar-refractivity contribution >= 4 is 18.3 Å².